The standard InChI is InChI=1S/C13H21F2NO2/c14-13(15)7-5-9(6-8-13)12(18)16-10-3-1-2-4-11(10)17/h9-11,17H,1-8H2,(H,16,18). The number of hydrogen-bond donors (Lipinski definition) is 2. The predicted octanol–water partition coefficient (Wildman–Crippen LogP) is 2.23. The van der Waals surface area contributed by atoms with E-state index in [2.05, 4.69) is 5.32 Å². The maximum Gasteiger partial charge on any atom is 0.248 e. The van der Waals surface area contributed by atoms with Crippen molar-refractivity contribution in [2.75, 3.05) is 0 Å². The Morgan fingerprint density at radius 1 is 1.11 bits per heavy atom. The van der Waals surface area contributed by atoms with E-state index in [1.807, 2.05) is 0 Å². The number of carbonyl (C=O) groups is 1. The first-order valence-electron chi connectivity index (χ1n) is 6.84. The van der Waals surface area contributed by atoms with Gasteiger partial charge in [0.2, 0.25) is 11.8 Å². The summed E-state index contributed by atoms with van der Waals surface area (Å²) in [5.41, 5.74) is 0. The van der Waals surface area contributed by atoms with Crippen molar-refractivity contribution in [3.05, 3.63) is 0 Å². The Morgan fingerprint density at radius 2 is 1.72 bits per heavy atom. The lowest BCUT2D eigenvalue weighted by Gasteiger charge is -2.32. The molecule has 2 unspecified atom stereocenters. The normalized spacial score (nSPS) is 33.1. The van der Waals surface area contributed by atoms with Crippen molar-refractivity contribution in [1.29, 1.82) is 0 Å². The Hall–Kier alpha value is -0.710. The van der Waals surface area contributed by atoms with Crippen molar-refractivity contribution < 1.29 is 18.7 Å². The first-order chi connectivity index (χ1) is 8.48. The molecule has 2 rings (SSSR count). The summed E-state index contributed by atoms with van der Waals surface area (Å²) in [4.78, 5) is 12.0. The Balaban J connectivity index is 1.81. The molecule has 1 amide bonds. The second-order valence-corrected chi connectivity index (χ2v) is 5.60. The van der Waals surface area contributed by atoms with E-state index < -0.39 is 12.0 Å². The van der Waals surface area contributed by atoms with E-state index in [1.165, 1.54) is 0 Å². The molecular formula is C13H21F2NO2. The van der Waals surface area contributed by atoms with Crippen LogP contribution in [-0.2, 0) is 4.79 Å². The minimum Gasteiger partial charge on any atom is -0.391 e. The largest absolute Gasteiger partial charge is 0.391 e. The van der Waals surface area contributed by atoms with Gasteiger partial charge in [0, 0.05) is 18.8 Å². The van der Waals surface area contributed by atoms with Crippen LogP contribution < -0.4 is 5.32 Å². The van der Waals surface area contributed by atoms with Crippen molar-refractivity contribution in [2.45, 2.75) is 69.4 Å². The lowest BCUT2D eigenvalue weighted by Crippen LogP contribution is -2.48. The van der Waals surface area contributed by atoms with Crippen LogP contribution >= 0.6 is 0 Å². The summed E-state index contributed by atoms with van der Waals surface area (Å²) in [6, 6.07) is -0.186. The van der Waals surface area contributed by atoms with Crippen LogP contribution in [0.4, 0.5) is 8.78 Å². The van der Waals surface area contributed by atoms with Crippen molar-refractivity contribution >= 4 is 5.91 Å². The van der Waals surface area contributed by atoms with Crippen molar-refractivity contribution in [2.24, 2.45) is 5.92 Å². The molecule has 0 radical (unpaired) electrons. The minimum atomic E-state index is -2.60. The summed E-state index contributed by atoms with van der Waals surface area (Å²) in [6.07, 6.45) is 3.13. The van der Waals surface area contributed by atoms with Crippen LogP contribution in [-0.4, -0.2) is 29.1 Å². The van der Waals surface area contributed by atoms with Gasteiger partial charge >= 0.3 is 0 Å². The molecule has 2 atom stereocenters. The molecule has 5 heteroatoms. The Morgan fingerprint density at radius 3 is 2.33 bits per heavy atom. The Kier molecular flexibility index (Phi) is 4.20. The summed E-state index contributed by atoms with van der Waals surface area (Å²) >= 11 is 0. The molecular weight excluding hydrogens is 240 g/mol. The molecule has 104 valence electrons. The van der Waals surface area contributed by atoms with Crippen LogP contribution in [0.2, 0.25) is 0 Å². The smallest absolute Gasteiger partial charge is 0.248 e. The highest BCUT2D eigenvalue weighted by Gasteiger charge is 2.38. The average Bonchev–Trinajstić information content (AvgIpc) is 2.32. The summed E-state index contributed by atoms with van der Waals surface area (Å²) < 4.78 is 26.0. The third kappa shape index (κ3) is 3.40. The Labute approximate surface area is 106 Å². The van der Waals surface area contributed by atoms with Gasteiger partial charge in [0.15, 0.2) is 0 Å². The molecule has 2 aliphatic carbocycles. The highest BCUT2D eigenvalue weighted by Crippen LogP contribution is 2.36. The molecule has 2 N–H and O–H groups in total. The van der Waals surface area contributed by atoms with Crippen LogP contribution in [0.15, 0.2) is 0 Å². The van der Waals surface area contributed by atoms with Crippen LogP contribution in [0.3, 0.4) is 0 Å². The number of carbonyl (C=O) groups excluding carboxylic acids is 1. The number of amides is 1. The summed E-state index contributed by atoms with van der Waals surface area (Å²) in [5, 5.41) is 12.6. The maximum atomic E-state index is 13.0. The van der Waals surface area contributed by atoms with Gasteiger partial charge in [-0.05, 0) is 25.7 Å². The number of aliphatic hydroxyl groups excluding tert-OH is 1. The van der Waals surface area contributed by atoms with E-state index in [-0.39, 0.29) is 43.6 Å². The molecule has 0 heterocycles. The molecule has 18 heavy (non-hydrogen) atoms. The molecule has 0 aromatic heterocycles. The van der Waals surface area contributed by atoms with E-state index in [1.54, 1.807) is 0 Å². The Bertz CT molecular complexity index is 299. The highest BCUT2D eigenvalue weighted by molar-refractivity contribution is 5.79. The van der Waals surface area contributed by atoms with E-state index in [0.717, 1.165) is 19.3 Å². The van der Waals surface area contributed by atoms with E-state index in [9.17, 15) is 18.7 Å². The van der Waals surface area contributed by atoms with Crippen LogP contribution in [0, 0.1) is 5.92 Å². The van der Waals surface area contributed by atoms with E-state index in [4.69, 9.17) is 0 Å². The lowest BCUT2D eigenvalue weighted by atomic mass is 9.85. The van der Waals surface area contributed by atoms with Gasteiger partial charge in [-0.1, -0.05) is 12.8 Å². The zero-order valence-electron chi connectivity index (χ0n) is 10.5. The molecule has 0 aromatic carbocycles. The zero-order chi connectivity index (χ0) is 13.2. The van der Waals surface area contributed by atoms with Crippen molar-refractivity contribution in [3.8, 4) is 0 Å². The number of rotatable bonds is 2. The number of aliphatic hydroxyl groups is 1. The van der Waals surface area contributed by atoms with Crippen LogP contribution in [0.1, 0.15) is 51.4 Å². The SMILES string of the molecule is O=C(NC1CCCCC1O)C1CCC(F)(F)CC1. The summed E-state index contributed by atoms with van der Waals surface area (Å²) in [7, 11) is 0. The first-order valence-corrected chi connectivity index (χ1v) is 6.84. The van der Waals surface area contributed by atoms with Gasteiger partial charge in [0.25, 0.3) is 0 Å². The van der Waals surface area contributed by atoms with Crippen molar-refractivity contribution in [1.82, 2.24) is 5.32 Å². The molecule has 3 nitrogen and oxygen atoms in total. The topological polar surface area (TPSA) is 49.3 Å². The lowest BCUT2D eigenvalue weighted by molar-refractivity contribution is -0.131. The van der Waals surface area contributed by atoms with Gasteiger partial charge < -0.3 is 10.4 Å². The van der Waals surface area contributed by atoms with Gasteiger partial charge in [-0.2, -0.15) is 0 Å². The fraction of sp³-hybridized carbons (Fsp3) is 0.923. The zero-order valence-corrected chi connectivity index (χ0v) is 10.5. The van der Waals surface area contributed by atoms with Gasteiger partial charge in [0.1, 0.15) is 0 Å². The molecule has 0 aliphatic heterocycles. The number of halogens is 2. The third-order valence-electron chi connectivity index (χ3n) is 4.15. The van der Waals surface area contributed by atoms with Crippen LogP contribution in [0.5, 0.6) is 0 Å². The monoisotopic (exact) mass is 261 g/mol. The van der Waals surface area contributed by atoms with Gasteiger partial charge in [-0.15, -0.1) is 0 Å². The number of nitrogens with one attached hydrogen (secondary N) is 1. The quantitative estimate of drug-likeness (QED) is 0.801. The second kappa shape index (κ2) is 5.51. The van der Waals surface area contributed by atoms with E-state index >= 15 is 0 Å². The highest BCUT2D eigenvalue weighted by atomic mass is 19.3. The minimum absolute atomic E-state index is 0.156. The molecule has 2 saturated carbocycles. The predicted molar refractivity (Wildman–Crippen MR) is 63.3 cm³/mol. The molecule has 2 aliphatic rings. The molecule has 2 fully saturated rings. The molecule has 0 bridgehead atoms. The molecule has 0 spiro atoms. The van der Waals surface area contributed by atoms with Gasteiger partial charge in [-0.3, -0.25) is 4.79 Å². The summed E-state index contributed by atoms with van der Waals surface area (Å²) in [5.74, 6) is -3.06. The first kappa shape index (κ1) is 13.7. The summed E-state index contributed by atoms with van der Waals surface area (Å²) in [6.45, 7) is 0. The third-order valence-corrected chi connectivity index (χ3v) is 4.15. The van der Waals surface area contributed by atoms with Crippen LogP contribution in [0.25, 0.3) is 0 Å². The number of hydrogen-bond acceptors (Lipinski definition) is 2. The van der Waals surface area contributed by atoms with Gasteiger partial charge in [-0.25, -0.2) is 8.78 Å². The van der Waals surface area contributed by atoms with Gasteiger partial charge in [0.05, 0.1) is 12.1 Å². The van der Waals surface area contributed by atoms with E-state index in [0.29, 0.717) is 6.42 Å². The second-order valence-electron chi connectivity index (χ2n) is 5.60. The maximum absolute atomic E-state index is 13.0. The average molecular weight is 261 g/mol. The molecule has 0 saturated heterocycles. The molecule has 0 aromatic rings. The van der Waals surface area contributed by atoms with Crippen molar-refractivity contribution in [3.63, 3.8) is 0 Å². The fourth-order valence-corrected chi connectivity index (χ4v) is 2.88. The number of alkyl halides is 2. The fourth-order valence-electron chi connectivity index (χ4n) is 2.88.